The largest absolute Gasteiger partial charge is 0.316 e. The molecule has 0 bridgehead atoms. The summed E-state index contributed by atoms with van der Waals surface area (Å²) in [7, 11) is 1.90. The molecule has 0 aromatic carbocycles. The van der Waals surface area contributed by atoms with Crippen LogP contribution in [0.15, 0.2) is 0 Å². The molecule has 2 fully saturated rings. The SMILES string of the molecule is Cc1nn(C)c(Cl)c1CN1C[C@H]2CNC[C@H]2C1. The van der Waals surface area contributed by atoms with E-state index in [1.165, 1.54) is 31.7 Å². The maximum Gasteiger partial charge on any atom is 0.131 e. The van der Waals surface area contributed by atoms with Crippen molar-refractivity contribution in [2.45, 2.75) is 13.5 Å². The van der Waals surface area contributed by atoms with Crippen LogP contribution < -0.4 is 5.32 Å². The van der Waals surface area contributed by atoms with E-state index in [4.69, 9.17) is 11.6 Å². The lowest BCUT2D eigenvalue weighted by Crippen LogP contribution is -2.25. The molecule has 0 amide bonds. The van der Waals surface area contributed by atoms with Crippen LogP contribution in [0.5, 0.6) is 0 Å². The van der Waals surface area contributed by atoms with Gasteiger partial charge in [0.2, 0.25) is 0 Å². The Labute approximate surface area is 107 Å². The summed E-state index contributed by atoms with van der Waals surface area (Å²) >= 11 is 6.27. The summed E-state index contributed by atoms with van der Waals surface area (Å²) in [5.41, 5.74) is 2.26. The van der Waals surface area contributed by atoms with Crippen molar-refractivity contribution in [3.63, 3.8) is 0 Å². The van der Waals surface area contributed by atoms with Gasteiger partial charge in [-0.05, 0) is 31.8 Å². The average molecular weight is 255 g/mol. The maximum absolute atomic E-state index is 6.27. The lowest BCUT2D eigenvalue weighted by Gasteiger charge is -2.16. The summed E-state index contributed by atoms with van der Waals surface area (Å²) < 4.78 is 1.77. The fourth-order valence-corrected chi connectivity index (χ4v) is 3.39. The van der Waals surface area contributed by atoms with Gasteiger partial charge < -0.3 is 5.32 Å². The van der Waals surface area contributed by atoms with Crippen molar-refractivity contribution in [2.75, 3.05) is 26.2 Å². The highest BCUT2D eigenvalue weighted by Gasteiger charge is 2.36. The number of halogens is 1. The molecular weight excluding hydrogens is 236 g/mol. The zero-order chi connectivity index (χ0) is 12.0. The van der Waals surface area contributed by atoms with Gasteiger partial charge in [-0.3, -0.25) is 9.58 Å². The fraction of sp³-hybridized carbons (Fsp3) is 0.750. The first kappa shape index (κ1) is 11.5. The van der Waals surface area contributed by atoms with Gasteiger partial charge in [-0.25, -0.2) is 0 Å². The van der Waals surface area contributed by atoms with Crippen molar-refractivity contribution >= 4 is 11.6 Å². The van der Waals surface area contributed by atoms with Gasteiger partial charge in [-0.15, -0.1) is 0 Å². The predicted molar refractivity (Wildman–Crippen MR) is 68.1 cm³/mol. The molecule has 1 N–H and O–H groups in total. The second kappa shape index (κ2) is 4.26. The molecule has 3 rings (SSSR count). The topological polar surface area (TPSA) is 33.1 Å². The fourth-order valence-electron chi connectivity index (χ4n) is 3.16. The zero-order valence-electron chi connectivity index (χ0n) is 10.4. The normalized spacial score (nSPS) is 28.9. The summed E-state index contributed by atoms with van der Waals surface area (Å²) in [5, 5.41) is 8.63. The summed E-state index contributed by atoms with van der Waals surface area (Å²) in [4.78, 5) is 2.52. The Kier molecular flexibility index (Phi) is 2.89. The standard InChI is InChI=1S/C12H19ClN4/c1-8-11(12(13)16(2)15-8)7-17-5-9-3-14-4-10(9)6-17/h9-10,14H,3-7H2,1-2H3/t9-,10+. The molecule has 0 aliphatic carbocycles. The summed E-state index contributed by atoms with van der Waals surface area (Å²) in [6, 6.07) is 0. The Balaban J connectivity index is 1.71. The molecule has 2 atom stereocenters. The lowest BCUT2D eigenvalue weighted by molar-refractivity contribution is 0.305. The number of aryl methyl sites for hydroxylation is 2. The van der Waals surface area contributed by atoms with E-state index in [9.17, 15) is 0 Å². The Bertz CT molecular complexity index is 416. The van der Waals surface area contributed by atoms with Crippen molar-refractivity contribution in [3.05, 3.63) is 16.4 Å². The number of nitrogens with one attached hydrogen (secondary N) is 1. The second-order valence-electron chi connectivity index (χ2n) is 5.35. The third-order valence-electron chi connectivity index (χ3n) is 4.12. The maximum atomic E-state index is 6.27. The Morgan fingerprint density at radius 1 is 1.35 bits per heavy atom. The molecule has 2 aliphatic rings. The summed E-state index contributed by atoms with van der Waals surface area (Å²) in [6.45, 7) is 7.75. The van der Waals surface area contributed by atoms with Crippen LogP contribution in [-0.4, -0.2) is 40.9 Å². The van der Waals surface area contributed by atoms with Crippen molar-refractivity contribution in [1.29, 1.82) is 0 Å². The molecule has 2 saturated heterocycles. The van der Waals surface area contributed by atoms with Gasteiger partial charge in [-0.1, -0.05) is 11.6 Å². The van der Waals surface area contributed by atoms with E-state index < -0.39 is 0 Å². The van der Waals surface area contributed by atoms with Gasteiger partial charge in [0.25, 0.3) is 0 Å². The molecule has 2 aliphatic heterocycles. The van der Waals surface area contributed by atoms with Crippen LogP contribution >= 0.6 is 11.6 Å². The molecule has 3 heterocycles. The number of nitrogens with zero attached hydrogens (tertiary/aromatic N) is 3. The molecule has 1 aromatic heterocycles. The van der Waals surface area contributed by atoms with Crippen LogP contribution in [-0.2, 0) is 13.6 Å². The van der Waals surface area contributed by atoms with Gasteiger partial charge in [0, 0.05) is 32.2 Å². The first-order chi connectivity index (χ1) is 8.15. The van der Waals surface area contributed by atoms with Crippen LogP contribution in [0.2, 0.25) is 5.15 Å². The molecule has 94 valence electrons. The van der Waals surface area contributed by atoms with Gasteiger partial charge in [-0.2, -0.15) is 5.10 Å². The van der Waals surface area contributed by atoms with Crippen molar-refractivity contribution < 1.29 is 0 Å². The highest BCUT2D eigenvalue weighted by Crippen LogP contribution is 2.29. The first-order valence-electron chi connectivity index (χ1n) is 6.26. The van der Waals surface area contributed by atoms with Crippen LogP contribution in [0.4, 0.5) is 0 Å². The third kappa shape index (κ3) is 1.98. The summed E-state index contributed by atoms with van der Waals surface area (Å²) in [6.07, 6.45) is 0. The molecule has 0 radical (unpaired) electrons. The molecule has 4 nitrogen and oxygen atoms in total. The third-order valence-corrected chi connectivity index (χ3v) is 4.59. The van der Waals surface area contributed by atoms with Gasteiger partial charge in [0.05, 0.1) is 5.69 Å². The van der Waals surface area contributed by atoms with Gasteiger partial charge in [0.1, 0.15) is 5.15 Å². The minimum Gasteiger partial charge on any atom is -0.316 e. The molecule has 1 aromatic rings. The quantitative estimate of drug-likeness (QED) is 0.856. The monoisotopic (exact) mass is 254 g/mol. The van der Waals surface area contributed by atoms with Crippen LogP contribution in [0.1, 0.15) is 11.3 Å². The van der Waals surface area contributed by atoms with Crippen molar-refractivity contribution in [3.8, 4) is 0 Å². The molecule has 0 unspecified atom stereocenters. The van der Waals surface area contributed by atoms with Gasteiger partial charge in [0.15, 0.2) is 0 Å². The highest BCUT2D eigenvalue weighted by molar-refractivity contribution is 6.30. The lowest BCUT2D eigenvalue weighted by atomic mass is 10.0. The molecule has 5 heteroatoms. The minimum absolute atomic E-state index is 0.790. The van der Waals surface area contributed by atoms with Gasteiger partial charge >= 0.3 is 0 Å². The van der Waals surface area contributed by atoms with Crippen molar-refractivity contribution in [1.82, 2.24) is 20.0 Å². The van der Waals surface area contributed by atoms with E-state index in [0.29, 0.717) is 0 Å². The van der Waals surface area contributed by atoms with E-state index in [-0.39, 0.29) is 0 Å². The smallest absolute Gasteiger partial charge is 0.131 e. The molecule has 17 heavy (non-hydrogen) atoms. The molecule has 0 spiro atoms. The van der Waals surface area contributed by atoms with E-state index in [1.54, 1.807) is 4.68 Å². The van der Waals surface area contributed by atoms with Crippen LogP contribution in [0.3, 0.4) is 0 Å². The predicted octanol–water partition coefficient (Wildman–Crippen LogP) is 1.03. The Morgan fingerprint density at radius 3 is 2.53 bits per heavy atom. The van der Waals surface area contributed by atoms with E-state index in [1.807, 2.05) is 14.0 Å². The Hall–Kier alpha value is -0.580. The second-order valence-corrected chi connectivity index (χ2v) is 5.71. The van der Waals surface area contributed by atoms with E-state index in [2.05, 4.69) is 15.3 Å². The molecule has 0 saturated carbocycles. The summed E-state index contributed by atoms with van der Waals surface area (Å²) in [5.74, 6) is 1.68. The average Bonchev–Trinajstić information content (AvgIpc) is 2.89. The highest BCUT2D eigenvalue weighted by atomic mass is 35.5. The number of aromatic nitrogens is 2. The van der Waals surface area contributed by atoms with E-state index >= 15 is 0 Å². The molecular formula is C12H19ClN4. The minimum atomic E-state index is 0.790. The number of hydrogen-bond acceptors (Lipinski definition) is 3. The van der Waals surface area contributed by atoms with Crippen LogP contribution in [0.25, 0.3) is 0 Å². The first-order valence-corrected chi connectivity index (χ1v) is 6.64. The number of fused-ring (bicyclic) bond motifs is 1. The Morgan fingerprint density at radius 2 is 2.00 bits per heavy atom. The van der Waals surface area contributed by atoms with Crippen LogP contribution in [0, 0.1) is 18.8 Å². The number of likely N-dealkylation sites (tertiary alicyclic amines) is 1. The van der Waals surface area contributed by atoms with E-state index in [0.717, 1.165) is 29.2 Å². The zero-order valence-corrected chi connectivity index (χ0v) is 11.2. The number of rotatable bonds is 2. The number of hydrogen-bond donors (Lipinski definition) is 1. The van der Waals surface area contributed by atoms with Crippen molar-refractivity contribution in [2.24, 2.45) is 18.9 Å².